The third-order valence-corrected chi connectivity index (χ3v) is 4.46. The third kappa shape index (κ3) is 2.69. The molecule has 18 heavy (non-hydrogen) atoms. The van der Waals surface area contributed by atoms with E-state index in [4.69, 9.17) is 10.5 Å². The second kappa shape index (κ2) is 6.02. The maximum atomic E-state index is 12.6. The van der Waals surface area contributed by atoms with E-state index in [2.05, 4.69) is 13.8 Å². The average Bonchev–Trinajstić information content (AvgIpc) is 2.86. The zero-order valence-electron chi connectivity index (χ0n) is 11.6. The Morgan fingerprint density at radius 2 is 2.22 bits per heavy atom. The van der Waals surface area contributed by atoms with E-state index >= 15 is 0 Å². The standard InChI is InChI=1S/C14H26N2O2/c1-3-13-12(5-7-18-13)14(17)16-6-4-10(2)8-11(16)9-15/h10-13H,3-9,15H2,1-2H3. The zero-order valence-corrected chi connectivity index (χ0v) is 11.6. The highest BCUT2D eigenvalue weighted by Crippen LogP contribution is 2.29. The number of piperidine rings is 1. The largest absolute Gasteiger partial charge is 0.377 e. The quantitative estimate of drug-likeness (QED) is 0.828. The Balaban J connectivity index is 2.03. The van der Waals surface area contributed by atoms with E-state index in [1.54, 1.807) is 0 Å². The molecule has 0 spiro atoms. The Morgan fingerprint density at radius 3 is 2.89 bits per heavy atom. The fraction of sp³-hybridized carbons (Fsp3) is 0.929. The van der Waals surface area contributed by atoms with Crippen LogP contribution in [0.3, 0.4) is 0 Å². The summed E-state index contributed by atoms with van der Waals surface area (Å²) in [5.41, 5.74) is 5.83. The van der Waals surface area contributed by atoms with E-state index in [0.29, 0.717) is 12.5 Å². The molecule has 0 radical (unpaired) electrons. The van der Waals surface area contributed by atoms with Gasteiger partial charge in [-0.25, -0.2) is 0 Å². The molecule has 2 aliphatic rings. The van der Waals surface area contributed by atoms with Crippen LogP contribution in [0.5, 0.6) is 0 Å². The van der Waals surface area contributed by atoms with Crippen LogP contribution in [-0.2, 0) is 9.53 Å². The second-order valence-corrected chi connectivity index (χ2v) is 5.76. The third-order valence-electron chi connectivity index (χ3n) is 4.46. The van der Waals surface area contributed by atoms with E-state index < -0.39 is 0 Å². The molecule has 2 N–H and O–H groups in total. The summed E-state index contributed by atoms with van der Waals surface area (Å²) in [6, 6.07) is 0.236. The average molecular weight is 254 g/mol. The van der Waals surface area contributed by atoms with Crippen molar-refractivity contribution in [3.63, 3.8) is 0 Å². The van der Waals surface area contributed by atoms with Crippen LogP contribution >= 0.6 is 0 Å². The molecule has 0 aromatic heterocycles. The van der Waals surface area contributed by atoms with Gasteiger partial charge in [0.15, 0.2) is 0 Å². The second-order valence-electron chi connectivity index (χ2n) is 5.76. The predicted octanol–water partition coefficient (Wildman–Crippen LogP) is 1.39. The molecule has 0 aromatic rings. The summed E-state index contributed by atoms with van der Waals surface area (Å²) in [5, 5.41) is 0. The smallest absolute Gasteiger partial charge is 0.228 e. The maximum absolute atomic E-state index is 12.6. The fourth-order valence-corrected chi connectivity index (χ4v) is 3.31. The number of amides is 1. The molecular formula is C14H26N2O2. The summed E-state index contributed by atoms with van der Waals surface area (Å²) in [4.78, 5) is 14.7. The van der Waals surface area contributed by atoms with Crippen LogP contribution in [0.4, 0.5) is 0 Å². The number of hydrogen-bond donors (Lipinski definition) is 1. The first-order chi connectivity index (χ1) is 8.67. The molecule has 0 bridgehead atoms. The van der Waals surface area contributed by atoms with Gasteiger partial charge in [0, 0.05) is 25.7 Å². The molecule has 2 fully saturated rings. The summed E-state index contributed by atoms with van der Waals surface area (Å²) in [5.74, 6) is 1.03. The number of carbonyl (C=O) groups is 1. The number of hydrogen-bond acceptors (Lipinski definition) is 3. The molecule has 4 heteroatoms. The number of ether oxygens (including phenoxy) is 1. The lowest BCUT2D eigenvalue weighted by Crippen LogP contribution is -2.52. The summed E-state index contributed by atoms with van der Waals surface area (Å²) in [7, 11) is 0. The minimum Gasteiger partial charge on any atom is -0.377 e. The topological polar surface area (TPSA) is 55.6 Å². The molecule has 104 valence electrons. The SMILES string of the molecule is CCC1OCCC1C(=O)N1CCC(C)CC1CN. The summed E-state index contributed by atoms with van der Waals surface area (Å²) in [6.45, 7) is 6.52. The number of nitrogens with zero attached hydrogens (tertiary/aromatic N) is 1. The first-order valence-electron chi connectivity index (χ1n) is 7.29. The molecule has 2 rings (SSSR count). The van der Waals surface area contributed by atoms with Crippen LogP contribution < -0.4 is 5.73 Å². The highest BCUT2D eigenvalue weighted by atomic mass is 16.5. The summed E-state index contributed by atoms with van der Waals surface area (Å²) in [6.07, 6.45) is 4.07. The van der Waals surface area contributed by atoms with Gasteiger partial charge in [0.05, 0.1) is 12.0 Å². The number of likely N-dealkylation sites (tertiary alicyclic amines) is 1. The molecule has 2 saturated heterocycles. The molecule has 0 saturated carbocycles. The molecule has 1 amide bonds. The zero-order chi connectivity index (χ0) is 13.1. The van der Waals surface area contributed by atoms with E-state index in [-0.39, 0.29) is 24.0 Å². The van der Waals surface area contributed by atoms with Gasteiger partial charge in [-0.15, -0.1) is 0 Å². The van der Waals surface area contributed by atoms with Crippen molar-refractivity contribution in [2.45, 2.75) is 51.7 Å². The van der Waals surface area contributed by atoms with Crippen molar-refractivity contribution < 1.29 is 9.53 Å². The number of rotatable bonds is 3. The first-order valence-corrected chi connectivity index (χ1v) is 7.29. The Labute approximate surface area is 110 Å². The predicted molar refractivity (Wildman–Crippen MR) is 71.1 cm³/mol. The van der Waals surface area contributed by atoms with Crippen molar-refractivity contribution in [1.29, 1.82) is 0 Å². The lowest BCUT2D eigenvalue weighted by Gasteiger charge is -2.39. The number of carbonyl (C=O) groups excluding carboxylic acids is 1. The summed E-state index contributed by atoms with van der Waals surface area (Å²) >= 11 is 0. The molecule has 4 unspecified atom stereocenters. The van der Waals surface area contributed by atoms with Gasteiger partial charge in [0.25, 0.3) is 0 Å². The van der Waals surface area contributed by atoms with Crippen molar-refractivity contribution >= 4 is 5.91 Å². The highest BCUT2D eigenvalue weighted by molar-refractivity contribution is 5.80. The minimum absolute atomic E-state index is 0.0671. The molecule has 0 aliphatic carbocycles. The van der Waals surface area contributed by atoms with E-state index in [0.717, 1.165) is 38.8 Å². The minimum atomic E-state index is 0.0671. The van der Waals surface area contributed by atoms with Crippen molar-refractivity contribution in [1.82, 2.24) is 4.90 Å². The lowest BCUT2D eigenvalue weighted by atomic mass is 9.89. The monoisotopic (exact) mass is 254 g/mol. The first kappa shape index (κ1) is 13.8. The van der Waals surface area contributed by atoms with Crippen LogP contribution in [0, 0.1) is 11.8 Å². The van der Waals surface area contributed by atoms with Gasteiger partial charge >= 0.3 is 0 Å². The van der Waals surface area contributed by atoms with E-state index in [1.165, 1.54) is 0 Å². The Hall–Kier alpha value is -0.610. The molecule has 2 heterocycles. The Morgan fingerprint density at radius 1 is 1.44 bits per heavy atom. The van der Waals surface area contributed by atoms with Gasteiger partial charge in [-0.1, -0.05) is 13.8 Å². The normalized spacial score (nSPS) is 36.9. The van der Waals surface area contributed by atoms with Crippen LogP contribution in [0.2, 0.25) is 0 Å². The molecule has 0 aromatic carbocycles. The van der Waals surface area contributed by atoms with Gasteiger partial charge < -0.3 is 15.4 Å². The van der Waals surface area contributed by atoms with E-state index in [1.807, 2.05) is 4.90 Å². The van der Waals surface area contributed by atoms with Gasteiger partial charge in [-0.05, 0) is 31.6 Å². The highest BCUT2D eigenvalue weighted by Gasteiger charge is 2.38. The Bertz CT molecular complexity index is 296. The van der Waals surface area contributed by atoms with Gasteiger partial charge in [-0.3, -0.25) is 4.79 Å². The lowest BCUT2D eigenvalue weighted by molar-refractivity contribution is -0.141. The van der Waals surface area contributed by atoms with Crippen LogP contribution in [-0.4, -0.2) is 42.6 Å². The van der Waals surface area contributed by atoms with Crippen molar-refractivity contribution in [3.05, 3.63) is 0 Å². The molecule has 2 aliphatic heterocycles. The number of nitrogens with two attached hydrogens (primary N) is 1. The van der Waals surface area contributed by atoms with Crippen LogP contribution in [0.15, 0.2) is 0 Å². The van der Waals surface area contributed by atoms with Crippen LogP contribution in [0.25, 0.3) is 0 Å². The summed E-state index contributed by atoms with van der Waals surface area (Å²) < 4.78 is 5.64. The molecule has 4 nitrogen and oxygen atoms in total. The fourth-order valence-electron chi connectivity index (χ4n) is 3.31. The van der Waals surface area contributed by atoms with Gasteiger partial charge in [0.2, 0.25) is 5.91 Å². The van der Waals surface area contributed by atoms with Crippen molar-refractivity contribution in [3.8, 4) is 0 Å². The Kier molecular flexibility index (Phi) is 4.62. The van der Waals surface area contributed by atoms with Crippen molar-refractivity contribution in [2.75, 3.05) is 19.7 Å². The van der Waals surface area contributed by atoms with Crippen LogP contribution in [0.1, 0.15) is 39.5 Å². The van der Waals surface area contributed by atoms with Gasteiger partial charge in [0.1, 0.15) is 0 Å². The molecule has 4 atom stereocenters. The maximum Gasteiger partial charge on any atom is 0.228 e. The van der Waals surface area contributed by atoms with Gasteiger partial charge in [-0.2, -0.15) is 0 Å². The van der Waals surface area contributed by atoms with E-state index in [9.17, 15) is 4.79 Å². The van der Waals surface area contributed by atoms with Crippen molar-refractivity contribution in [2.24, 2.45) is 17.6 Å². The molecular weight excluding hydrogens is 228 g/mol.